The van der Waals surface area contributed by atoms with E-state index in [0.717, 1.165) is 24.6 Å². The quantitative estimate of drug-likeness (QED) is 0.838. The van der Waals surface area contributed by atoms with Crippen LogP contribution in [0.4, 0.5) is 0 Å². The highest BCUT2D eigenvalue weighted by molar-refractivity contribution is 7.10. The first-order valence-electron chi connectivity index (χ1n) is 5.31. The van der Waals surface area contributed by atoms with Gasteiger partial charge in [0, 0.05) is 11.4 Å². The first-order chi connectivity index (χ1) is 7.79. The minimum atomic E-state index is 0.462. The van der Waals surface area contributed by atoms with Crippen LogP contribution in [0, 0.1) is 6.92 Å². The summed E-state index contributed by atoms with van der Waals surface area (Å²) < 4.78 is 5.50. The number of thiophene rings is 1. The third-order valence-corrected chi connectivity index (χ3v) is 3.49. The van der Waals surface area contributed by atoms with E-state index in [1.165, 1.54) is 10.4 Å². The fraction of sp³-hybridized carbons (Fsp3) is 0.333. The smallest absolute Gasteiger partial charge is 0.118 e. The van der Waals surface area contributed by atoms with Gasteiger partial charge in [-0.2, -0.15) is 0 Å². The van der Waals surface area contributed by atoms with E-state index in [2.05, 4.69) is 23.7 Å². The zero-order valence-electron chi connectivity index (χ0n) is 9.32. The van der Waals surface area contributed by atoms with Crippen molar-refractivity contribution in [1.82, 2.24) is 5.32 Å². The van der Waals surface area contributed by atoms with Gasteiger partial charge in [0.2, 0.25) is 0 Å². The number of rotatable bonds is 5. The zero-order chi connectivity index (χ0) is 11.4. The van der Waals surface area contributed by atoms with Crippen molar-refractivity contribution in [3.05, 3.63) is 45.5 Å². The fourth-order valence-electron chi connectivity index (χ4n) is 1.51. The van der Waals surface area contributed by atoms with Gasteiger partial charge in [-0.3, -0.25) is 0 Å². The van der Waals surface area contributed by atoms with Gasteiger partial charge in [0.25, 0.3) is 0 Å². The maximum Gasteiger partial charge on any atom is 0.118 e. The standard InChI is InChI=1S/C12H16N2OS/c1-9-4-5-16-12(9)8-14-7-11-3-2-10(6-13)15-11/h2-5,14H,6-8,13H2,1H3. The maximum absolute atomic E-state index is 5.50. The largest absolute Gasteiger partial charge is 0.463 e. The third-order valence-electron chi connectivity index (χ3n) is 2.47. The molecule has 3 N–H and O–H groups in total. The fourth-order valence-corrected chi connectivity index (χ4v) is 2.39. The molecule has 0 fully saturated rings. The van der Waals surface area contributed by atoms with Crippen LogP contribution in [0.2, 0.25) is 0 Å². The number of nitrogens with one attached hydrogen (secondary N) is 1. The van der Waals surface area contributed by atoms with E-state index < -0.39 is 0 Å². The Morgan fingerprint density at radius 2 is 2.06 bits per heavy atom. The molecule has 0 saturated carbocycles. The van der Waals surface area contributed by atoms with Gasteiger partial charge in [-0.15, -0.1) is 11.3 Å². The van der Waals surface area contributed by atoms with Gasteiger partial charge in [0.05, 0.1) is 13.1 Å². The molecule has 0 aromatic carbocycles. The van der Waals surface area contributed by atoms with Crippen LogP contribution in [-0.2, 0) is 19.6 Å². The highest BCUT2D eigenvalue weighted by Crippen LogP contribution is 2.15. The van der Waals surface area contributed by atoms with Crippen LogP contribution in [0.25, 0.3) is 0 Å². The van der Waals surface area contributed by atoms with Gasteiger partial charge < -0.3 is 15.5 Å². The molecule has 86 valence electrons. The van der Waals surface area contributed by atoms with Crippen molar-refractivity contribution in [1.29, 1.82) is 0 Å². The summed E-state index contributed by atoms with van der Waals surface area (Å²) in [6, 6.07) is 6.03. The molecule has 2 aromatic heterocycles. The average molecular weight is 236 g/mol. The molecule has 0 spiro atoms. The van der Waals surface area contributed by atoms with Crippen molar-refractivity contribution >= 4 is 11.3 Å². The number of nitrogens with two attached hydrogens (primary N) is 1. The predicted molar refractivity (Wildman–Crippen MR) is 66.2 cm³/mol. The number of hydrogen-bond acceptors (Lipinski definition) is 4. The van der Waals surface area contributed by atoms with Crippen molar-refractivity contribution in [2.75, 3.05) is 0 Å². The van der Waals surface area contributed by atoms with Gasteiger partial charge in [0.1, 0.15) is 11.5 Å². The Labute approximate surface area is 99.3 Å². The lowest BCUT2D eigenvalue weighted by Gasteiger charge is -2.01. The topological polar surface area (TPSA) is 51.2 Å². The molecule has 3 nitrogen and oxygen atoms in total. The molecular weight excluding hydrogens is 220 g/mol. The highest BCUT2D eigenvalue weighted by atomic mass is 32.1. The van der Waals surface area contributed by atoms with E-state index in [-0.39, 0.29) is 0 Å². The molecule has 0 bridgehead atoms. The molecule has 0 aliphatic heterocycles. The lowest BCUT2D eigenvalue weighted by atomic mass is 10.3. The van der Waals surface area contributed by atoms with Crippen LogP contribution in [-0.4, -0.2) is 0 Å². The molecule has 2 aromatic rings. The lowest BCUT2D eigenvalue weighted by molar-refractivity contribution is 0.448. The van der Waals surface area contributed by atoms with E-state index in [1.807, 2.05) is 12.1 Å². The molecule has 4 heteroatoms. The van der Waals surface area contributed by atoms with Crippen molar-refractivity contribution in [3.8, 4) is 0 Å². The summed E-state index contributed by atoms with van der Waals surface area (Å²) in [6.07, 6.45) is 0. The molecular formula is C12H16N2OS. The molecule has 0 unspecified atom stereocenters. The van der Waals surface area contributed by atoms with Crippen molar-refractivity contribution < 1.29 is 4.42 Å². The number of hydrogen-bond donors (Lipinski definition) is 2. The van der Waals surface area contributed by atoms with Crippen LogP contribution in [0.5, 0.6) is 0 Å². The minimum absolute atomic E-state index is 0.462. The average Bonchev–Trinajstić information content (AvgIpc) is 2.89. The second-order valence-corrected chi connectivity index (χ2v) is 4.70. The lowest BCUT2D eigenvalue weighted by Crippen LogP contribution is -2.11. The summed E-state index contributed by atoms with van der Waals surface area (Å²) >= 11 is 1.78. The normalized spacial score (nSPS) is 10.9. The van der Waals surface area contributed by atoms with E-state index >= 15 is 0 Å². The van der Waals surface area contributed by atoms with Crippen LogP contribution in [0.15, 0.2) is 28.0 Å². The Bertz CT molecular complexity index is 447. The molecule has 2 heterocycles. The third kappa shape index (κ3) is 2.72. The molecule has 0 amide bonds. The molecule has 0 saturated heterocycles. The first-order valence-corrected chi connectivity index (χ1v) is 6.19. The molecule has 0 aliphatic carbocycles. The van der Waals surface area contributed by atoms with E-state index in [1.54, 1.807) is 11.3 Å². The summed E-state index contributed by atoms with van der Waals surface area (Å²) in [5.41, 5.74) is 6.82. The van der Waals surface area contributed by atoms with Crippen LogP contribution >= 0.6 is 11.3 Å². The Balaban J connectivity index is 1.82. The van der Waals surface area contributed by atoms with E-state index in [9.17, 15) is 0 Å². The van der Waals surface area contributed by atoms with Crippen molar-refractivity contribution in [3.63, 3.8) is 0 Å². The zero-order valence-corrected chi connectivity index (χ0v) is 10.1. The summed E-state index contributed by atoms with van der Waals surface area (Å²) in [4.78, 5) is 1.38. The van der Waals surface area contributed by atoms with Crippen molar-refractivity contribution in [2.24, 2.45) is 5.73 Å². The molecule has 16 heavy (non-hydrogen) atoms. The summed E-state index contributed by atoms with van der Waals surface area (Å²) in [7, 11) is 0. The van der Waals surface area contributed by atoms with E-state index in [4.69, 9.17) is 10.2 Å². The number of aryl methyl sites for hydroxylation is 1. The van der Waals surface area contributed by atoms with Gasteiger partial charge >= 0.3 is 0 Å². The van der Waals surface area contributed by atoms with Gasteiger partial charge in [-0.25, -0.2) is 0 Å². The van der Waals surface area contributed by atoms with Gasteiger partial charge in [-0.05, 0) is 36.1 Å². The predicted octanol–water partition coefficient (Wildman–Crippen LogP) is 2.40. The Morgan fingerprint density at radius 1 is 1.25 bits per heavy atom. The Kier molecular flexibility index (Phi) is 3.77. The van der Waals surface area contributed by atoms with Crippen LogP contribution in [0.1, 0.15) is 22.0 Å². The summed E-state index contributed by atoms with van der Waals surface area (Å²) in [6.45, 7) is 4.23. The first kappa shape index (κ1) is 11.4. The Morgan fingerprint density at radius 3 is 2.69 bits per heavy atom. The van der Waals surface area contributed by atoms with Gasteiger partial charge in [0.15, 0.2) is 0 Å². The van der Waals surface area contributed by atoms with E-state index in [0.29, 0.717) is 6.54 Å². The van der Waals surface area contributed by atoms with Gasteiger partial charge in [-0.1, -0.05) is 0 Å². The van der Waals surface area contributed by atoms with Crippen LogP contribution < -0.4 is 11.1 Å². The van der Waals surface area contributed by atoms with Crippen LogP contribution in [0.3, 0.4) is 0 Å². The SMILES string of the molecule is Cc1ccsc1CNCc1ccc(CN)o1. The maximum atomic E-state index is 5.50. The molecule has 0 radical (unpaired) electrons. The van der Waals surface area contributed by atoms with Crippen molar-refractivity contribution in [2.45, 2.75) is 26.6 Å². The summed E-state index contributed by atoms with van der Waals surface area (Å²) in [5, 5.41) is 5.48. The minimum Gasteiger partial charge on any atom is -0.463 e. The number of furan rings is 1. The molecule has 0 atom stereocenters. The monoisotopic (exact) mass is 236 g/mol. The molecule has 2 rings (SSSR count). The second-order valence-electron chi connectivity index (χ2n) is 3.70. The highest BCUT2D eigenvalue weighted by Gasteiger charge is 2.02. The Hall–Kier alpha value is -1.10. The summed E-state index contributed by atoms with van der Waals surface area (Å²) in [5.74, 6) is 1.78. The second kappa shape index (κ2) is 5.30. The molecule has 0 aliphatic rings.